The molecule has 0 radical (unpaired) electrons. The summed E-state index contributed by atoms with van der Waals surface area (Å²) in [5.41, 5.74) is 0. The minimum atomic E-state index is 0. The quantitative estimate of drug-likeness (QED) is 0.162. The monoisotopic (exact) mass is 448 g/mol. The van der Waals surface area contributed by atoms with E-state index < -0.39 is 0 Å². The first-order valence-corrected chi connectivity index (χ1v) is 9.46. The van der Waals surface area contributed by atoms with Crippen LogP contribution in [0, 0.1) is 0 Å². The summed E-state index contributed by atoms with van der Waals surface area (Å²) >= 11 is 0. The molecule has 0 fully saturated rings. The second kappa shape index (κ2) is 9.63. The zero-order valence-electron chi connectivity index (χ0n) is 16.3. The van der Waals surface area contributed by atoms with Crippen molar-refractivity contribution < 1.29 is 26.2 Å². The van der Waals surface area contributed by atoms with E-state index in [0.29, 0.717) is 0 Å². The van der Waals surface area contributed by atoms with Gasteiger partial charge in [0.05, 0.1) is 0 Å². The third-order valence-corrected chi connectivity index (χ3v) is 5.05. The van der Waals surface area contributed by atoms with Crippen LogP contribution in [0.2, 0.25) is 0 Å². The molecule has 0 amide bonds. The van der Waals surface area contributed by atoms with Crippen molar-refractivity contribution in [1.29, 1.82) is 0 Å². The molecule has 1 heteroatoms. The largest absolute Gasteiger partial charge is 2.00 e. The predicted molar refractivity (Wildman–Crippen MR) is 125 cm³/mol. The van der Waals surface area contributed by atoms with Crippen molar-refractivity contribution in [3.05, 3.63) is 122 Å². The molecule has 0 nitrogen and oxygen atoms in total. The van der Waals surface area contributed by atoms with Gasteiger partial charge in [0, 0.05) is 0 Å². The first-order valence-electron chi connectivity index (χ1n) is 9.46. The van der Waals surface area contributed by atoms with Gasteiger partial charge in [-0.05, 0) is 0 Å². The van der Waals surface area contributed by atoms with E-state index in [9.17, 15) is 0 Å². The molecule has 0 spiro atoms. The molecule has 6 aromatic rings. The van der Waals surface area contributed by atoms with Gasteiger partial charge in [0.2, 0.25) is 0 Å². The van der Waals surface area contributed by atoms with E-state index in [1.165, 1.54) is 43.1 Å². The van der Waals surface area contributed by atoms with E-state index in [1.807, 2.05) is 0 Å². The summed E-state index contributed by atoms with van der Waals surface area (Å²) in [6.07, 6.45) is 0. The maximum absolute atomic E-state index is 3.00. The van der Waals surface area contributed by atoms with Crippen LogP contribution in [0.15, 0.2) is 122 Å². The maximum Gasteiger partial charge on any atom is 2.00 e. The molecule has 0 aliphatic carbocycles. The Morgan fingerprint density at radius 1 is 0.379 bits per heavy atom. The van der Waals surface area contributed by atoms with Crippen LogP contribution in [0.3, 0.4) is 0 Å². The van der Waals surface area contributed by atoms with E-state index >= 15 is 0 Å². The van der Waals surface area contributed by atoms with Gasteiger partial charge in [-0.1, -0.05) is 72.8 Å². The van der Waals surface area contributed by atoms with Crippen molar-refractivity contribution in [3.8, 4) is 0 Å². The molecule has 6 rings (SSSR count). The third kappa shape index (κ3) is 4.16. The van der Waals surface area contributed by atoms with E-state index in [2.05, 4.69) is 122 Å². The molecule has 0 heterocycles. The van der Waals surface area contributed by atoms with Gasteiger partial charge in [-0.2, -0.15) is 0 Å². The molecule has 0 aliphatic heterocycles. The minimum Gasteiger partial charge on any atom is -0.126 e. The van der Waals surface area contributed by atoms with Crippen LogP contribution in [0.4, 0.5) is 0 Å². The molecule has 0 bridgehead atoms. The zero-order valence-corrected chi connectivity index (χ0v) is 18.8. The fourth-order valence-corrected chi connectivity index (χ4v) is 3.81. The molecule has 29 heavy (non-hydrogen) atoms. The molecule has 0 aliphatic rings. The molecule has 0 unspecified atom stereocenters. The summed E-state index contributed by atoms with van der Waals surface area (Å²) in [4.78, 5) is 0. The first kappa shape index (κ1) is 21.0. The summed E-state index contributed by atoms with van der Waals surface area (Å²) in [5, 5.41) is 10.8. The van der Waals surface area contributed by atoms with Gasteiger partial charge in [-0.15, -0.1) is 92.6 Å². The SMILES string of the molecule is C=C.[Zr+2].c1ccc2c(c1)[cH-]c1ccccc12.c1ccc2c(c1)[cH-]c1ccccc12. The van der Waals surface area contributed by atoms with Crippen molar-refractivity contribution in [1.82, 2.24) is 0 Å². The molecule has 0 saturated heterocycles. The van der Waals surface area contributed by atoms with Crippen molar-refractivity contribution in [2.24, 2.45) is 0 Å². The first-order chi connectivity index (χ1) is 13.9. The zero-order chi connectivity index (χ0) is 19.3. The average molecular weight is 450 g/mol. The van der Waals surface area contributed by atoms with Crippen LogP contribution >= 0.6 is 0 Å². The van der Waals surface area contributed by atoms with Gasteiger partial charge in [0.25, 0.3) is 0 Å². The Kier molecular flexibility index (Phi) is 6.96. The van der Waals surface area contributed by atoms with Crippen LogP contribution in [0.25, 0.3) is 43.1 Å². The predicted octanol–water partition coefficient (Wildman–Crippen LogP) is 8.22. The van der Waals surface area contributed by atoms with Gasteiger partial charge in [-0.25, -0.2) is 0 Å². The minimum absolute atomic E-state index is 0. The molecule has 6 aromatic carbocycles. The molecular formula is C28H22Zr. The van der Waals surface area contributed by atoms with Gasteiger partial charge < -0.3 is 0 Å². The van der Waals surface area contributed by atoms with Crippen LogP contribution < -0.4 is 0 Å². The smallest absolute Gasteiger partial charge is 0.126 e. The fraction of sp³-hybridized carbons (Fsp3) is 0. The van der Waals surface area contributed by atoms with Gasteiger partial charge in [0.1, 0.15) is 0 Å². The number of benzene rings is 4. The Morgan fingerprint density at radius 3 is 0.828 bits per heavy atom. The van der Waals surface area contributed by atoms with Crippen LogP contribution in [0.5, 0.6) is 0 Å². The molecule has 0 saturated carbocycles. The van der Waals surface area contributed by atoms with Gasteiger partial charge in [0.15, 0.2) is 0 Å². The Labute approximate surface area is 190 Å². The Balaban J connectivity index is 0.000000148. The van der Waals surface area contributed by atoms with Crippen molar-refractivity contribution in [2.45, 2.75) is 0 Å². The van der Waals surface area contributed by atoms with Crippen molar-refractivity contribution >= 4 is 43.1 Å². The number of fused-ring (bicyclic) bond motifs is 6. The van der Waals surface area contributed by atoms with E-state index in [0.717, 1.165) is 0 Å². The summed E-state index contributed by atoms with van der Waals surface area (Å²) in [5.74, 6) is 0. The summed E-state index contributed by atoms with van der Waals surface area (Å²) < 4.78 is 0. The summed E-state index contributed by atoms with van der Waals surface area (Å²) in [7, 11) is 0. The van der Waals surface area contributed by atoms with E-state index in [-0.39, 0.29) is 26.2 Å². The number of hydrogen-bond donors (Lipinski definition) is 0. The number of rotatable bonds is 0. The topological polar surface area (TPSA) is 0 Å². The van der Waals surface area contributed by atoms with E-state index in [4.69, 9.17) is 0 Å². The fourth-order valence-electron chi connectivity index (χ4n) is 3.81. The maximum atomic E-state index is 3.00. The van der Waals surface area contributed by atoms with Crippen molar-refractivity contribution in [3.63, 3.8) is 0 Å². The second-order valence-electron chi connectivity index (χ2n) is 6.64. The van der Waals surface area contributed by atoms with Gasteiger partial charge in [-0.3, -0.25) is 0 Å². The normalized spacial score (nSPS) is 10.1. The van der Waals surface area contributed by atoms with Crippen molar-refractivity contribution in [2.75, 3.05) is 0 Å². The molecule has 0 atom stereocenters. The number of hydrogen-bond acceptors (Lipinski definition) is 0. The average Bonchev–Trinajstić information content (AvgIpc) is 3.34. The van der Waals surface area contributed by atoms with Crippen LogP contribution in [-0.2, 0) is 26.2 Å². The second-order valence-corrected chi connectivity index (χ2v) is 6.64. The summed E-state index contributed by atoms with van der Waals surface area (Å²) in [6, 6.07) is 38.5. The molecule has 0 N–H and O–H groups in total. The molecule has 138 valence electrons. The van der Waals surface area contributed by atoms with Gasteiger partial charge >= 0.3 is 26.2 Å². The summed E-state index contributed by atoms with van der Waals surface area (Å²) in [6.45, 7) is 6.00. The molecule has 0 aromatic heterocycles. The molecular weight excluding hydrogens is 428 g/mol. The van der Waals surface area contributed by atoms with Crippen LogP contribution in [0.1, 0.15) is 0 Å². The van der Waals surface area contributed by atoms with E-state index in [1.54, 1.807) is 0 Å². The Morgan fingerprint density at radius 2 is 0.586 bits per heavy atom. The third-order valence-electron chi connectivity index (χ3n) is 5.05. The Hall–Kier alpha value is -2.76. The Bertz CT molecular complexity index is 1140. The van der Waals surface area contributed by atoms with Crippen LogP contribution in [-0.4, -0.2) is 0 Å². The standard InChI is InChI=1S/2C13H9.C2H4.Zr/c2*1-3-7-12-10(5-1)9-11-6-2-4-8-13(11)12;1-2;/h2*1-9H;1-2H2;/q2*-1;;+2.